The van der Waals surface area contributed by atoms with Gasteiger partial charge in [-0.3, -0.25) is 4.99 Å². The molecule has 0 radical (unpaired) electrons. The first kappa shape index (κ1) is 16.7. The molecule has 0 bridgehead atoms. The summed E-state index contributed by atoms with van der Waals surface area (Å²) in [6, 6.07) is 5.66. The second-order valence-corrected chi connectivity index (χ2v) is 7.25. The van der Waals surface area contributed by atoms with Crippen LogP contribution in [-0.2, 0) is 6.42 Å². The fourth-order valence-electron chi connectivity index (χ4n) is 2.60. The summed E-state index contributed by atoms with van der Waals surface area (Å²) in [4.78, 5) is 4.48. The molecule has 0 saturated heterocycles. The average Bonchev–Trinajstić information content (AvgIpc) is 3.14. The number of hydrogen-bond donors (Lipinski definition) is 1. The van der Waals surface area contributed by atoms with E-state index in [4.69, 9.17) is 27.7 Å². The molecule has 0 amide bonds. The Morgan fingerprint density at radius 3 is 2.83 bits per heavy atom. The van der Waals surface area contributed by atoms with E-state index in [1.165, 1.54) is 0 Å². The van der Waals surface area contributed by atoms with Gasteiger partial charge in [0.05, 0.1) is 28.3 Å². The van der Waals surface area contributed by atoms with Crippen LogP contribution in [0.4, 0.5) is 0 Å². The molecule has 122 valence electrons. The molecule has 0 spiro atoms. The van der Waals surface area contributed by atoms with Crippen molar-refractivity contribution in [3.05, 3.63) is 50.8 Å². The summed E-state index contributed by atoms with van der Waals surface area (Å²) in [7, 11) is 0. The second kappa shape index (κ2) is 7.16. The van der Waals surface area contributed by atoms with Gasteiger partial charge in [0.2, 0.25) is 0 Å². The highest BCUT2D eigenvalue weighted by atomic mass is 35.5. The maximum Gasteiger partial charge on any atom is 0.157 e. The standard InChI is InChI=1S/C16H17Cl2N3OS/c1-9-12(10(2)22-21-9)8-14(20-16-19-6-7-23-16)11-4-3-5-13(17)15(11)18/h3-5,14H,6-8H2,1-2H3,(H,19,20). The highest BCUT2D eigenvalue weighted by molar-refractivity contribution is 8.14. The molecule has 1 aromatic heterocycles. The molecule has 4 nitrogen and oxygen atoms in total. The van der Waals surface area contributed by atoms with Crippen LogP contribution in [0.3, 0.4) is 0 Å². The molecule has 1 aliphatic heterocycles. The summed E-state index contributed by atoms with van der Waals surface area (Å²) < 4.78 is 5.28. The van der Waals surface area contributed by atoms with Gasteiger partial charge in [-0.25, -0.2) is 0 Å². The van der Waals surface area contributed by atoms with Crippen molar-refractivity contribution in [2.75, 3.05) is 12.3 Å². The van der Waals surface area contributed by atoms with E-state index < -0.39 is 0 Å². The number of benzene rings is 1. The Labute approximate surface area is 149 Å². The normalized spacial score (nSPS) is 15.6. The SMILES string of the molecule is Cc1noc(C)c1CC(NC1=NCCS1)c1cccc(Cl)c1Cl. The highest BCUT2D eigenvalue weighted by Crippen LogP contribution is 2.33. The molecule has 1 unspecified atom stereocenters. The molecule has 7 heteroatoms. The molecule has 0 aliphatic carbocycles. The molecule has 23 heavy (non-hydrogen) atoms. The van der Waals surface area contributed by atoms with Crippen molar-refractivity contribution >= 4 is 40.1 Å². The number of amidine groups is 1. The predicted molar refractivity (Wildman–Crippen MR) is 96.8 cm³/mol. The zero-order valence-electron chi connectivity index (χ0n) is 12.9. The lowest BCUT2D eigenvalue weighted by Crippen LogP contribution is -2.27. The van der Waals surface area contributed by atoms with Crippen LogP contribution < -0.4 is 5.32 Å². The van der Waals surface area contributed by atoms with Crippen LogP contribution in [0.2, 0.25) is 10.0 Å². The largest absolute Gasteiger partial charge is 0.361 e. The first-order valence-electron chi connectivity index (χ1n) is 7.35. The van der Waals surface area contributed by atoms with Crippen LogP contribution >= 0.6 is 35.0 Å². The fraction of sp³-hybridized carbons (Fsp3) is 0.375. The van der Waals surface area contributed by atoms with Crippen LogP contribution in [-0.4, -0.2) is 22.6 Å². The van der Waals surface area contributed by atoms with Gasteiger partial charge in [0.15, 0.2) is 5.17 Å². The Balaban J connectivity index is 1.94. The molecular weight excluding hydrogens is 353 g/mol. The van der Waals surface area contributed by atoms with Crippen molar-refractivity contribution in [2.24, 2.45) is 4.99 Å². The molecule has 0 fully saturated rings. The van der Waals surface area contributed by atoms with Crippen LogP contribution in [0.1, 0.15) is 28.6 Å². The smallest absolute Gasteiger partial charge is 0.157 e. The Morgan fingerprint density at radius 1 is 1.35 bits per heavy atom. The lowest BCUT2D eigenvalue weighted by molar-refractivity contribution is 0.391. The Hall–Kier alpha value is -1.17. The molecule has 2 aromatic rings. The van der Waals surface area contributed by atoms with E-state index in [1.54, 1.807) is 17.8 Å². The third-order valence-electron chi connectivity index (χ3n) is 3.83. The summed E-state index contributed by atoms with van der Waals surface area (Å²) in [5.41, 5.74) is 2.94. The first-order chi connectivity index (χ1) is 11.1. The fourth-order valence-corrected chi connectivity index (χ4v) is 3.82. The molecule has 1 aromatic carbocycles. The van der Waals surface area contributed by atoms with Gasteiger partial charge in [-0.2, -0.15) is 0 Å². The zero-order valence-corrected chi connectivity index (χ0v) is 15.2. The van der Waals surface area contributed by atoms with Crippen molar-refractivity contribution in [2.45, 2.75) is 26.3 Å². The summed E-state index contributed by atoms with van der Waals surface area (Å²) in [5, 5.41) is 9.60. The van der Waals surface area contributed by atoms with Crippen molar-refractivity contribution in [1.29, 1.82) is 0 Å². The third kappa shape index (κ3) is 3.67. The van der Waals surface area contributed by atoms with Crippen molar-refractivity contribution in [1.82, 2.24) is 10.5 Å². The van der Waals surface area contributed by atoms with Crippen molar-refractivity contribution < 1.29 is 4.52 Å². The summed E-state index contributed by atoms with van der Waals surface area (Å²) >= 11 is 14.3. The molecule has 0 saturated carbocycles. The van der Waals surface area contributed by atoms with Gasteiger partial charge in [-0.15, -0.1) is 0 Å². The number of aliphatic imine (C=N–C) groups is 1. The summed E-state index contributed by atoms with van der Waals surface area (Å²) in [5.74, 6) is 1.83. The molecular formula is C16H17Cl2N3OS. The van der Waals surface area contributed by atoms with Crippen LogP contribution in [0.15, 0.2) is 27.7 Å². The Bertz CT molecular complexity index is 725. The lowest BCUT2D eigenvalue weighted by atomic mass is 9.98. The number of aryl methyl sites for hydroxylation is 2. The molecule has 1 N–H and O–H groups in total. The number of hydrogen-bond acceptors (Lipinski definition) is 5. The number of halogens is 2. The second-order valence-electron chi connectivity index (χ2n) is 5.38. The first-order valence-corrected chi connectivity index (χ1v) is 9.10. The Morgan fingerprint density at radius 2 is 2.17 bits per heavy atom. The maximum absolute atomic E-state index is 6.44. The molecule has 1 aliphatic rings. The van der Waals surface area contributed by atoms with Crippen molar-refractivity contribution in [3.63, 3.8) is 0 Å². The van der Waals surface area contributed by atoms with Gasteiger partial charge in [-0.1, -0.05) is 52.3 Å². The van der Waals surface area contributed by atoms with E-state index in [9.17, 15) is 0 Å². The van der Waals surface area contributed by atoms with Crippen LogP contribution in [0.5, 0.6) is 0 Å². The minimum absolute atomic E-state index is 0.0395. The maximum atomic E-state index is 6.44. The third-order valence-corrected chi connectivity index (χ3v) is 5.57. The van der Waals surface area contributed by atoms with E-state index in [0.29, 0.717) is 16.5 Å². The Kier molecular flexibility index (Phi) is 5.19. The summed E-state index contributed by atoms with van der Waals surface area (Å²) in [6.45, 7) is 4.71. The van der Waals surface area contributed by atoms with Crippen LogP contribution in [0, 0.1) is 13.8 Å². The van der Waals surface area contributed by atoms with Crippen molar-refractivity contribution in [3.8, 4) is 0 Å². The number of aromatic nitrogens is 1. The number of rotatable bonds is 4. The predicted octanol–water partition coefficient (Wildman–Crippen LogP) is 4.57. The van der Waals surface area contributed by atoms with Gasteiger partial charge < -0.3 is 9.84 Å². The number of nitrogens with one attached hydrogen (secondary N) is 1. The monoisotopic (exact) mass is 369 g/mol. The number of thioether (sulfide) groups is 1. The van der Waals surface area contributed by atoms with Gasteiger partial charge in [0.25, 0.3) is 0 Å². The highest BCUT2D eigenvalue weighted by Gasteiger charge is 2.23. The average molecular weight is 370 g/mol. The topological polar surface area (TPSA) is 50.4 Å². The van der Waals surface area contributed by atoms with E-state index >= 15 is 0 Å². The summed E-state index contributed by atoms with van der Waals surface area (Å²) in [6.07, 6.45) is 0.709. The van der Waals surface area contributed by atoms with Gasteiger partial charge in [0, 0.05) is 17.7 Å². The van der Waals surface area contributed by atoms with E-state index in [2.05, 4.69) is 15.5 Å². The minimum atomic E-state index is -0.0395. The van der Waals surface area contributed by atoms with Crippen LogP contribution in [0.25, 0.3) is 0 Å². The van der Waals surface area contributed by atoms with Gasteiger partial charge in [-0.05, 0) is 25.5 Å². The molecule has 1 atom stereocenters. The molecule has 3 rings (SSSR count). The van der Waals surface area contributed by atoms with E-state index in [0.717, 1.165) is 40.0 Å². The minimum Gasteiger partial charge on any atom is -0.361 e. The lowest BCUT2D eigenvalue weighted by Gasteiger charge is -2.21. The quantitative estimate of drug-likeness (QED) is 0.856. The number of nitrogens with zero attached hydrogens (tertiary/aromatic N) is 2. The molecule has 2 heterocycles. The van der Waals surface area contributed by atoms with E-state index in [1.807, 2.05) is 26.0 Å². The van der Waals surface area contributed by atoms with E-state index in [-0.39, 0.29) is 6.04 Å². The van der Waals surface area contributed by atoms with Gasteiger partial charge >= 0.3 is 0 Å². The van der Waals surface area contributed by atoms with Gasteiger partial charge in [0.1, 0.15) is 5.76 Å². The zero-order chi connectivity index (χ0) is 16.4.